The molecule has 0 heterocycles. The first-order chi connectivity index (χ1) is 10.6. The predicted octanol–water partition coefficient (Wildman–Crippen LogP) is 2.99. The zero-order chi connectivity index (χ0) is 15.9. The highest BCUT2D eigenvalue weighted by atomic mass is 16.3. The van der Waals surface area contributed by atoms with Crippen LogP contribution in [0.4, 0.5) is 0 Å². The van der Waals surface area contributed by atoms with E-state index in [4.69, 9.17) is 0 Å². The lowest BCUT2D eigenvalue weighted by molar-refractivity contribution is -0.000799. The van der Waals surface area contributed by atoms with Crippen LogP contribution in [0.25, 0.3) is 0 Å². The molecule has 3 atom stereocenters. The van der Waals surface area contributed by atoms with E-state index >= 15 is 0 Å². The molecule has 0 amide bonds. The van der Waals surface area contributed by atoms with E-state index in [-0.39, 0.29) is 18.7 Å². The van der Waals surface area contributed by atoms with E-state index in [1.807, 2.05) is 43.3 Å². The third kappa shape index (κ3) is 4.17. The number of hydrogen-bond donors (Lipinski definition) is 2. The Morgan fingerprint density at radius 3 is 2.00 bits per heavy atom. The second-order valence-corrected chi connectivity index (χ2v) is 5.74. The van der Waals surface area contributed by atoms with Crippen molar-refractivity contribution in [3.63, 3.8) is 0 Å². The minimum atomic E-state index is -0.755. The average molecular weight is 299 g/mol. The zero-order valence-electron chi connectivity index (χ0n) is 13.3. The normalized spacial score (nSPS) is 15.5. The van der Waals surface area contributed by atoms with Crippen LogP contribution >= 0.6 is 0 Å². The molecule has 0 spiro atoms. The Kier molecular flexibility index (Phi) is 6.13. The monoisotopic (exact) mass is 299 g/mol. The van der Waals surface area contributed by atoms with Crippen molar-refractivity contribution < 1.29 is 10.2 Å². The van der Waals surface area contributed by atoms with Crippen LogP contribution < -0.4 is 0 Å². The molecule has 2 rings (SSSR count). The predicted molar refractivity (Wildman–Crippen MR) is 89.4 cm³/mol. The molecule has 0 radical (unpaired) electrons. The lowest BCUT2D eigenvalue weighted by atomic mass is 10.0. The summed E-state index contributed by atoms with van der Waals surface area (Å²) in [5.74, 6) is 0. The lowest BCUT2D eigenvalue weighted by Crippen LogP contribution is -2.44. The Morgan fingerprint density at radius 1 is 0.909 bits per heavy atom. The molecule has 0 fully saturated rings. The van der Waals surface area contributed by atoms with Gasteiger partial charge in [0.05, 0.1) is 12.7 Å². The summed E-state index contributed by atoms with van der Waals surface area (Å²) in [5.41, 5.74) is 2.40. The number of rotatable bonds is 7. The second kappa shape index (κ2) is 8.08. The fourth-order valence-corrected chi connectivity index (χ4v) is 2.72. The molecule has 0 bridgehead atoms. The molecule has 0 aliphatic rings. The zero-order valence-corrected chi connectivity index (χ0v) is 13.3. The Hall–Kier alpha value is -1.68. The van der Waals surface area contributed by atoms with E-state index in [0.29, 0.717) is 0 Å². The van der Waals surface area contributed by atoms with Crippen LogP contribution in [0, 0.1) is 0 Å². The maximum atomic E-state index is 10.1. The molecule has 2 N–H and O–H groups in total. The Labute approximate surface area is 132 Å². The van der Waals surface area contributed by atoms with Crippen LogP contribution in [0.3, 0.4) is 0 Å². The van der Waals surface area contributed by atoms with Crippen LogP contribution in [-0.2, 0) is 6.54 Å². The minimum absolute atomic E-state index is 0.139. The first-order valence-electron chi connectivity index (χ1n) is 7.77. The largest absolute Gasteiger partial charge is 0.394 e. The molecule has 3 nitrogen and oxygen atoms in total. The van der Waals surface area contributed by atoms with Crippen LogP contribution in [-0.4, -0.2) is 33.9 Å². The fraction of sp³-hybridized carbons (Fsp3) is 0.368. The highest BCUT2D eigenvalue weighted by Crippen LogP contribution is 2.25. The van der Waals surface area contributed by atoms with Crippen molar-refractivity contribution in [1.82, 2.24) is 4.90 Å². The Balaban J connectivity index is 2.24. The maximum absolute atomic E-state index is 10.1. The number of nitrogens with zero attached hydrogens (tertiary/aromatic N) is 1. The molecule has 22 heavy (non-hydrogen) atoms. The third-order valence-electron chi connectivity index (χ3n) is 4.25. The summed E-state index contributed by atoms with van der Waals surface area (Å²) in [5, 5.41) is 19.4. The van der Waals surface area contributed by atoms with E-state index < -0.39 is 6.10 Å². The number of aliphatic hydroxyl groups is 2. The summed E-state index contributed by atoms with van der Waals surface area (Å²) in [6.07, 6.45) is -0.755. The van der Waals surface area contributed by atoms with Crippen molar-refractivity contribution in [2.75, 3.05) is 6.61 Å². The molecule has 0 aliphatic carbocycles. The van der Waals surface area contributed by atoms with Gasteiger partial charge in [0.1, 0.15) is 0 Å². The first-order valence-corrected chi connectivity index (χ1v) is 7.77. The third-order valence-corrected chi connectivity index (χ3v) is 4.25. The molecule has 1 unspecified atom stereocenters. The van der Waals surface area contributed by atoms with Gasteiger partial charge in [-0.1, -0.05) is 60.7 Å². The topological polar surface area (TPSA) is 43.7 Å². The molecule has 118 valence electrons. The quantitative estimate of drug-likeness (QED) is 0.826. The molecular formula is C19H25NO2. The minimum Gasteiger partial charge on any atom is -0.394 e. The van der Waals surface area contributed by atoms with Gasteiger partial charge in [0.25, 0.3) is 0 Å². The number of hydrogen-bond acceptors (Lipinski definition) is 3. The van der Waals surface area contributed by atoms with E-state index in [9.17, 15) is 10.2 Å². The Bertz CT molecular complexity index is 544. The molecule has 0 saturated carbocycles. The summed E-state index contributed by atoms with van der Waals surface area (Å²) >= 11 is 0. The Morgan fingerprint density at radius 2 is 1.45 bits per heavy atom. The van der Waals surface area contributed by atoms with Gasteiger partial charge in [-0.25, -0.2) is 0 Å². The average Bonchev–Trinajstić information content (AvgIpc) is 2.59. The molecule has 2 aromatic rings. The van der Waals surface area contributed by atoms with E-state index in [1.54, 1.807) is 0 Å². The summed E-state index contributed by atoms with van der Waals surface area (Å²) in [6.45, 7) is 4.60. The maximum Gasteiger partial charge on any atom is 0.0923 e. The van der Waals surface area contributed by atoms with Crippen molar-refractivity contribution >= 4 is 0 Å². The molecule has 0 aliphatic heterocycles. The van der Waals surface area contributed by atoms with Gasteiger partial charge >= 0.3 is 0 Å². The second-order valence-electron chi connectivity index (χ2n) is 5.74. The van der Waals surface area contributed by atoms with Crippen LogP contribution in [0.5, 0.6) is 0 Å². The summed E-state index contributed by atoms with van der Waals surface area (Å²) < 4.78 is 0. The lowest BCUT2D eigenvalue weighted by Gasteiger charge is -2.37. The van der Waals surface area contributed by atoms with E-state index in [2.05, 4.69) is 36.1 Å². The standard InChI is InChI=1S/C19H25NO2/c1-15(18-11-7-4-8-12-18)20(16(2)19(22)14-21)13-17-9-5-3-6-10-17/h3-12,15-16,19,21-22H,13-14H2,1-2H3/t15?,16-,19+/m1/s1. The van der Waals surface area contributed by atoms with Crippen molar-refractivity contribution in [1.29, 1.82) is 0 Å². The van der Waals surface area contributed by atoms with Crippen molar-refractivity contribution in [3.05, 3.63) is 71.8 Å². The number of benzene rings is 2. The number of aliphatic hydroxyl groups excluding tert-OH is 2. The van der Waals surface area contributed by atoms with E-state index in [1.165, 1.54) is 11.1 Å². The fourth-order valence-electron chi connectivity index (χ4n) is 2.72. The highest BCUT2D eigenvalue weighted by Gasteiger charge is 2.26. The van der Waals surface area contributed by atoms with Gasteiger partial charge in [-0.15, -0.1) is 0 Å². The van der Waals surface area contributed by atoms with Crippen LogP contribution in [0.15, 0.2) is 60.7 Å². The van der Waals surface area contributed by atoms with Crippen LogP contribution in [0.1, 0.15) is 31.0 Å². The van der Waals surface area contributed by atoms with Crippen molar-refractivity contribution in [3.8, 4) is 0 Å². The van der Waals surface area contributed by atoms with Crippen LogP contribution in [0.2, 0.25) is 0 Å². The molecule has 0 saturated heterocycles. The highest BCUT2D eigenvalue weighted by molar-refractivity contribution is 5.20. The summed E-state index contributed by atoms with van der Waals surface area (Å²) in [4.78, 5) is 2.23. The smallest absolute Gasteiger partial charge is 0.0923 e. The molecule has 2 aromatic carbocycles. The first kappa shape index (κ1) is 16.7. The van der Waals surface area contributed by atoms with Gasteiger partial charge in [-0.3, -0.25) is 4.90 Å². The molecular weight excluding hydrogens is 274 g/mol. The van der Waals surface area contributed by atoms with Crippen molar-refractivity contribution in [2.24, 2.45) is 0 Å². The van der Waals surface area contributed by atoms with Gasteiger partial charge in [-0.05, 0) is 25.0 Å². The van der Waals surface area contributed by atoms with Gasteiger partial charge in [-0.2, -0.15) is 0 Å². The SMILES string of the molecule is CC(c1ccccc1)N(Cc1ccccc1)[C@H](C)[C@@H](O)CO. The van der Waals surface area contributed by atoms with Gasteiger partial charge in [0, 0.05) is 18.6 Å². The summed E-state index contributed by atoms with van der Waals surface area (Å²) in [7, 11) is 0. The van der Waals surface area contributed by atoms with E-state index in [0.717, 1.165) is 6.54 Å². The van der Waals surface area contributed by atoms with Gasteiger partial charge in [0.15, 0.2) is 0 Å². The molecule has 3 heteroatoms. The van der Waals surface area contributed by atoms with Crippen molar-refractivity contribution in [2.45, 2.75) is 38.6 Å². The van der Waals surface area contributed by atoms with Gasteiger partial charge < -0.3 is 10.2 Å². The molecule has 0 aromatic heterocycles. The van der Waals surface area contributed by atoms with Gasteiger partial charge in [0.2, 0.25) is 0 Å². The summed E-state index contributed by atoms with van der Waals surface area (Å²) in [6, 6.07) is 20.5.